The van der Waals surface area contributed by atoms with Crippen LogP contribution in [0.3, 0.4) is 0 Å². The summed E-state index contributed by atoms with van der Waals surface area (Å²) in [6.45, 7) is 0. The second-order valence-electron chi connectivity index (χ2n) is 5.65. The van der Waals surface area contributed by atoms with Crippen LogP contribution in [-0.2, 0) is 22.4 Å². The summed E-state index contributed by atoms with van der Waals surface area (Å²) in [7, 11) is 1.76. The van der Waals surface area contributed by atoms with Crippen LogP contribution in [0.4, 0.5) is 15.8 Å². The van der Waals surface area contributed by atoms with Crippen LogP contribution in [0.5, 0.6) is 0 Å². The molecule has 0 unspecified atom stereocenters. The van der Waals surface area contributed by atoms with Crippen molar-refractivity contribution in [2.45, 2.75) is 19.3 Å². The first-order chi connectivity index (χ1) is 11.0. The summed E-state index contributed by atoms with van der Waals surface area (Å²) >= 11 is 0. The summed E-state index contributed by atoms with van der Waals surface area (Å²) < 4.78 is 13.1. The number of aryl methyl sites for hydroxylation is 1. The summed E-state index contributed by atoms with van der Waals surface area (Å²) in [6, 6.07) is 11.5. The molecule has 5 heteroatoms. The highest BCUT2D eigenvalue weighted by Gasteiger charge is 2.21. The van der Waals surface area contributed by atoms with Gasteiger partial charge in [0.1, 0.15) is 5.82 Å². The molecule has 1 aliphatic heterocycles. The molecule has 1 aliphatic rings. The lowest BCUT2D eigenvalue weighted by Gasteiger charge is -2.26. The standard InChI is InChI=1S/C18H17FN2O2/c1-21-16-7-5-12(9-13(16)6-8-18(21)23)10-17(22)20-15-4-2-3-14(19)11-15/h2-5,7,9,11H,6,8,10H2,1H3,(H,20,22). The Hall–Kier alpha value is -2.69. The molecule has 118 valence electrons. The first-order valence-electron chi connectivity index (χ1n) is 7.47. The average molecular weight is 312 g/mol. The molecule has 0 fully saturated rings. The first-order valence-corrected chi connectivity index (χ1v) is 7.47. The molecular weight excluding hydrogens is 295 g/mol. The SMILES string of the molecule is CN1C(=O)CCc2cc(CC(=O)Nc3cccc(F)c3)ccc21. The highest BCUT2D eigenvalue weighted by molar-refractivity contribution is 5.96. The number of nitrogens with zero attached hydrogens (tertiary/aromatic N) is 1. The maximum Gasteiger partial charge on any atom is 0.228 e. The van der Waals surface area contributed by atoms with Crippen molar-refractivity contribution >= 4 is 23.2 Å². The Morgan fingerprint density at radius 1 is 1.22 bits per heavy atom. The smallest absolute Gasteiger partial charge is 0.228 e. The van der Waals surface area contributed by atoms with E-state index < -0.39 is 0 Å². The molecule has 1 N–H and O–H groups in total. The second kappa shape index (κ2) is 6.20. The van der Waals surface area contributed by atoms with E-state index in [-0.39, 0.29) is 24.1 Å². The number of rotatable bonds is 3. The molecule has 4 nitrogen and oxygen atoms in total. The van der Waals surface area contributed by atoms with E-state index in [2.05, 4.69) is 5.32 Å². The zero-order chi connectivity index (χ0) is 16.4. The van der Waals surface area contributed by atoms with Gasteiger partial charge in [-0.1, -0.05) is 18.2 Å². The Labute approximate surface area is 133 Å². The van der Waals surface area contributed by atoms with E-state index in [1.807, 2.05) is 18.2 Å². The fraction of sp³-hybridized carbons (Fsp3) is 0.222. The molecule has 0 saturated carbocycles. The van der Waals surface area contributed by atoms with Crippen molar-refractivity contribution in [1.29, 1.82) is 0 Å². The Kier molecular flexibility index (Phi) is 4.10. The third kappa shape index (κ3) is 3.39. The van der Waals surface area contributed by atoms with Gasteiger partial charge < -0.3 is 10.2 Å². The first kappa shape index (κ1) is 15.2. The normalized spacial score (nSPS) is 13.7. The molecule has 0 aromatic heterocycles. The largest absolute Gasteiger partial charge is 0.326 e. The molecule has 1 heterocycles. The van der Waals surface area contributed by atoms with Gasteiger partial charge >= 0.3 is 0 Å². The zero-order valence-corrected chi connectivity index (χ0v) is 12.8. The molecule has 0 spiro atoms. The van der Waals surface area contributed by atoms with Crippen LogP contribution in [0.1, 0.15) is 17.5 Å². The number of fused-ring (bicyclic) bond motifs is 1. The van der Waals surface area contributed by atoms with Gasteiger partial charge in [0.25, 0.3) is 0 Å². The lowest BCUT2D eigenvalue weighted by atomic mass is 9.98. The van der Waals surface area contributed by atoms with E-state index in [1.54, 1.807) is 24.1 Å². The van der Waals surface area contributed by atoms with Gasteiger partial charge in [-0.2, -0.15) is 0 Å². The van der Waals surface area contributed by atoms with Gasteiger partial charge in [-0.05, 0) is 41.8 Å². The molecule has 0 atom stereocenters. The predicted molar refractivity (Wildman–Crippen MR) is 86.9 cm³/mol. The van der Waals surface area contributed by atoms with Gasteiger partial charge in [-0.25, -0.2) is 4.39 Å². The summed E-state index contributed by atoms with van der Waals surface area (Å²) in [6.07, 6.45) is 1.39. The summed E-state index contributed by atoms with van der Waals surface area (Å²) in [4.78, 5) is 25.4. The lowest BCUT2D eigenvalue weighted by Crippen LogP contribution is -2.31. The third-order valence-corrected chi connectivity index (χ3v) is 3.96. The quantitative estimate of drug-likeness (QED) is 0.947. The molecule has 0 radical (unpaired) electrons. The van der Waals surface area contributed by atoms with E-state index in [4.69, 9.17) is 0 Å². The van der Waals surface area contributed by atoms with Crippen molar-refractivity contribution < 1.29 is 14.0 Å². The van der Waals surface area contributed by atoms with Crippen LogP contribution in [0.25, 0.3) is 0 Å². The van der Waals surface area contributed by atoms with Gasteiger partial charge in [-0.15, -0.1) is 0 Å². The van der Waals surface area contributed by atoms with Crippen molar-refractivity contribution in [3.8, 4) is 0 Å². The number of hydrogen-bond acceptors (Lipinski definition) is 2. The topological polar surface area (TPSA) is 49.4 Å². The number of benzene rings is 2. The number of carbonyl (C=O) groups is 2. The Balaban J connectivity index is 1.71. The number of carbonyl (C=O) groups excluding carboxylic acids is 2. The number of nitrogens with one attached hydrogen (secondary N) is 1. The van der Waals surface area contributed by atoms with Crippen LogP contribution in [0.2, 0.25) is 0 Å². The van der Waals surface area contributed by atoms with Crippen molar-refractivity contribution in [2.75, 3.05) is 17.3 Å². The summed E-state index contributed by atoms with van der Waals surface area (Å²) in [5, 5.41) is 2.68. The summed E-state index contributed by atoms with van der Waals surface area (Å²) in [5.41, 5.74) is 3.29. The zero-order valence-electron chi connectivity index (χ0n) is 12.8. The molecule has 0 saturated heterocycles. The Bertz CT molecular complexity index is 773. The fourth-order valence-electron chi connectivity index (χ4n) is 2.78. The van der Waals surface area contributed by atoms with Crippen LogP contribution < -0.4 is 10.2 Å². The van der Waals surface area contributed by atoms with Gasteiger partial charge in [0.05, 0.1) is 6.42 Å². The van der Waals surface area contributed by atoms with Crippen molar-refractivity contribution in [1.82, 2.24) is 0 Å². The van der Waals surface area contributed by atoms with Crippen LogP contribution >= 0.6 is 0 Å². The predicted octanol–water partition coefficient (Wildman–Crippen LogP) is 2.92. The van der Waals surface area contributed by atoms with E-state index in [0.717, 1.165) is 16.8 Å². The molecule has 3 rings (SSSR count). The minimum atomic E-state index is -0.385. The molecular formula is C18H17FN2O2. The van der Waals surface area contributed by atoms with Gasteiger partial charge in [0.15, 0.2) is 0 Å². The monoisotopic (exact) mass is 312 g/mol. The molecule has 0 aliphatic carbocycles. The van der Waals surface area contributed by atoms with Gasteiger partial charge in [0.2, 0.25) is 11.8 Å². The molecule has 2 aromatic carbocycles. The number of anilines is 2. The Morgan fingerprint density at radius 3 is 2.83 bits per heavy atom. The molecule has 23 heavy (non-hydrogen) atoms. The number of hydrogen-bond donors (Lipinski definition) is 1. The second-order valence-corrected chi connectivity index (χ2v) is 5.65. The van der Waals surface area contributed by atoms with Crippen LogP contribution in [0.15, 0.2) is 42.5 Å². The molecule has 2 amide bonds. The molecule has 2 aromatic rings. The minimum absolute atomic E-state index is 0.106. The van der Waals surface area contributed by atoms with Gasteiger partial charge in [0, 0.05) is 24.8 Å². The molecule has 0 bridgehead atoms. The number of halogens is 1. The van der Waals surface area contributed by atoms with E-state index in [0.29, 0.717) is 18.5 Å². The van der Waals surface area contributed by atoms with Gasteiger partial charge in [-0.3, -0.25) is 9.59 Å². The van der Waals surface area contributed by atoms with E-state index in [1.165, 1.54) is 12.1 Å². The van der Waals surface area contributed by atoms with Crippen LogP contribution in [0, 0.1) is 5.82 Å². The number of amides is 2. The fourth-order valence-corrected chi connectivity index (χ4v) is 2.78. The van der Waals surface area contributed by atoms with Crippen LogP contribution in [-0.4, -0.2) is 18.9 Å². The summed E-state index contributed by atoms with van der Waals surface area (Å²) in [5.74, 6) is -0.478. The maximum atomic E-state index is 13.1. The van der Waals surface area contributed by atoms with Crippen molar-refractivity contribution in [3.05, 3.63) is 59.4 Å². The van der Waals surface area contributed by atoms with E-state index >= 15 is 0 Å². The van der Waals surface area contributed by atoms with Crippen molar-refractivity contribution in [2.24, 2.45) is 0 Å². The lowest BCUT2D eigenvalue weighted by molar-refractivity contribution is -0.118. The highest BCUT2D eigenvalue weighted by atomic mass is 19.1. The Morgan fingerprint density at radius 2 is 2.04 bits per heavy atom. The highest BCUT2D eigenvalue weighted by Crippen LogP contribution is 2.27. The van der Waals surface area contributed by atoms with Crippen molar-refractivity contribution in [3.63, 3.8) is 0 Å². The van der Waals surface area contributed by atoms with E-state index in [9.17, 15) is 14.0 Å². The third-order valence-electron chi connectivity index (χ3n) is 3.96. The average Bonchev–Trinajstić information content (AvgIpc) is 2.51. The maximum absolute atomic E-state index is 13.1. The minimum Gasteiger partial charge on any atom is -0.326 e.